The van der Waals surface area contributed by atoms with E-state index in [2.05, 4.69) is 26.2 Å². The SMILES string of the molecule is CC(C)(C)OC(=O)N1C[C@H](F)[C@@H](O)[C@H]1C(=O)Nc1cccc(Br)n1. The molecule has 1 aromatic heterocycles. The summed E-state index contributed by atoms with van der Waals surface area (Å²) < 4.78 is 19.5. The predicted molar refractivity (Wildman–Crippen MR) is 88.2 cm³/mol. The van der Waals surface area contributed by atoms with E-state index in [4.69, 9.17) is 4.74 Å². The van der Waals surface area contributed by atoms with E-state index < -0.39 is 42.5 Å². The molecule has 3 atom stereocenters. The summed E-state index contributed by atoms with van der Waals surface area (Å²) in [6.07, 6.45) is -4.22. The lowest BCUT2D eigenvalue weighted by Gasteiger charge is -2.28. The summed E-state index contributed by atoms with van der Waals surface area (Å²) in [5.41, 5.74) is -0.802. The molecule has 0 spiro atoms. The lowest BCUT2D eigenvalue weighted by atomic mass is 10.1. The first kappa shape index (κ1) is 18.6. The van der Waals surface area contributed by atoms with E-state index in [-0.39, 0.29) is 5.82 Å². The number of pyridine rings is 1. The van der Waals surface area contributed by atoms with Crippen molar-refractivity contribution in [3.8, 4) is 0 Å². The van der Waals surface area contributed by atoms with Crippen molar-refractivity contribution >= 4 is 33.7 Å². The van der Waals surface area contributed by atoms with Gasteiger partial charge in [-0.05, 0) is 48.8 Å². The number of alkyl halides is 1. The van der Waals surface area contributed by atoms with Crippen LogP contribution in [0.15, 0.2) is 22.8 Å². The summed E-state index contributed by atoms with van der Waals surface area (Å²) in [5, 5.41) is 12.4. The summed E-state index contributed by atoms with van der Waals surface area (Å²) in [5.74, 6) is -0.521. The molecule has 1 aliphatic rings. The van der Waals surface area contributed by atoms with E-state index in [0.29, 0.717) is 4.60 Å². The molecular weight excluding hydrogens is 385 g/mol. The summed E-state index contributed by atoms with van der Waals surface area (Å²) in [6, 6.07) is 3.47. The number of halogens is 2. The molecule has 1 aromatic rings. The Labute approximate surface area is 147 Å². The number of carbonyl (C=O) groups is 2. The number of nitrogens with zero attached hydrogens (tertiary/aromatic N) is 2. The van der Waals surface area contributed by atoms with Gasteiger partial charge in [-0.1, -0.05) is 6.07 Å². The van der Waals surface area contributed by atoms with Crippen molar-refractivity contribution in [2.24, 2.45) is 0 Å². The van der Waals surface area contributed by atoms with E-state index in [1.807, 2.05) is 0 Å². The molecule has 1 saturated heterocycles. The fourth-order valence-electron chi connectivity index (χ4n) is 2.27. The van der Waals surface area contributed by atoms with Gasteiger partial charge in [0.2, 0.25) is 0 Å². The van der Waals surface area contributed by atoms with Crippen molar-refractivity contribution in [3.63, 3.8) is 0 Å². The van der Waals surface area contributed by atoms with Gasteiger partial charge < -0.3 is 15.2 Å². The Balaban J connectivity index is 2.17. The van der Waals surface area contributed by atoms with E-state index in [0.717, 1.165) is 4.90 Å². The minimum atomic E-state index is -1.73. The van der Waals surface area contributed by atoms with Crippen LogP contribution < -0.4 is 5.32 Å². The number of likely N-dealkylation sites (tertiary alicyclic amines) is 1. The molecule has 7 nitrogen and oxygen atoms in total. The zero-order valence-corrected chi connectivity index (χ0v) is 15.1. The molecule has 132 valence electrons. The number of hydrogen-bond donors (Lipinski definition) is 2. The number of rotatable bonds is 2. The second-order valence-corrected chi connectivity index (χ2v) is 7.23. The van der Waals surface area contributed by atoms with Crippen molar-refractivity contribution in [3.05, 3.63) is 22.8 Å². The maximum Gasteiger partial charge on any atom is 0.411 e. The maximum atomic E-state index is 13.9. The van der Waals surface area contributed by atoms with Gasteiger partial charge in [-0.2, -0.15) is 0 Å². The van der Waals surface area contributed by atoms with Crippen LogP contribution in [-0.4, -0.2) is 57.5 Å². The fraction of sp³-hybridized carbons (Fsp3) is 0.533. The molecule has 1 fully saturated rings. The van der Waals surface area contributed by atoms with Crippen LogP contribution in [0.25, 0.3) is 0 Å². The van der Waals surface area contributed by atoms with Gasteiger partial charge in [0, 0.05) is 0 Å². The highest BCUT2D eigenvalue weighted by Crippen LogP contribution is 2.25. The number of amides is 2. The Kier molecular flexibility index (Phi) is 5.44. The maximum absolute atomic E-state index is 13.9. The normalized spacial score (nSPS) is 23.9. The number of nitrogens with one attached hydrogen (secondary N) is 1. The largest absolute Gasteiger partial charge is 0.444 e. The number of aromatic nitrogens is 1. The number of aliphatic hydroxyl groups is 1. The van der Waals surface area contributed by atoms with Gasteiger partial charge >= 0.3 is 6.09 Å². The van der Waals surface area contributed by atoms with Crippen LogP contribution in [0.4, 0.5) is 15.0 Å². The monoisotopic (exact) mass is 403 g/mol. The van der Waals surface area contributed by atoms with Crippen molar-refractivity contribution in [1.82, 2.24) is 9.88 Å². The Bertz CT molecular complexity index is 637. The van der Waals surface area contributed by atoms with E-state index in [1.54, 1.807) is 32.9 Å². The Morgan fingerprint density at radius 1 is 1.46 bits per heavy atom. The van der Waals surface area contributed by atoms with Gasteiger partial charge in [0.05, 0.1) is 6.54 Å². The van der Waals surface area contributed by atoms with Gasteiger partial charge in [0.25, 0.3) is 5.91 Å². The zero-order valence-electron chi connectivity index (χ0n) is 13.5. The number of carbonyl (C=O) groups excluding carboxylic acids is 2. The number of ether oxygens (including phenoxy) is 1. The average molecular weight is 404 g/mol. The molecule has 2 amide bonds. The van der Waals surface area contributed by atoms with Crippen LogP contribution in [-0.2, 0) is 9.53 Å². The highest BCUT2D eigenvalue weighted by atomic mass is 79.9. The third kappa shape index (κ3) is 4.41. The van der Waals surface area contributed by atoms with Crippen LogP contribution >= 0.6 is 15.9 Å². The summed E-state index contributed by atoms with van der Waals surface area (Å²) >= 11 is 3.17. The highest BCUT2D eigenvalue weighted by molar-refractivity contribution is 9.10. The van der Waals surface area contributed by atoms with Crippen molar-refractivity contribution < 1.29 is 23.8 Å². The Morgan fingerprint density at radius 3 is 2.71 bits per heavy atom. The molecule has 0 unspecified atom stereocenters. The molecule has 0 bridgehead atoms. The number of aliphatic hydroxyl groups excluding tert-OH is 1. The molecule has 1 aliphatic heterocycles. The molecule has 2 N–H and O–H groups in total. The highest BCUT2D eigenvalue weighted by Gasteiger charge is 2.49. The minimum Gasteiger partial charge on any atom is -0.444 e. The topological polar surface area (TPSA) is 91.8 Å². The van der Waals surface area contributed by atoms with Gasteiger partial charge in [0.1, 0.15) is 34.3 Å². The first-order valence-electron chi connectivity index (χ1n) is 7.33. The molecule has 0 radical (unpaired) electrons. The van der Waals surface area contributed by atoms with Crippen molar-refractivity contribution in [2.45, 2.75) is 44.7 Å². The number of anilines is 1. The predicted octanol–water partition coefficient (Wildman–Crippen LogP) is 2.10. The molecule has 9 heteroatoms. The summed E-state index contributed by atoms with van der Waals surface area (Å²) in [4.78, 5) is 29.5. The molecule has 0 aromatic carbocycles. The van der Waals surface area contributed by atoms with Crippen molar-refractivity contribution in [2.75, 3.05) is 11.9 Å². The van der Waals surface area contributed by atoms with Crippen LogP contribution in [0.5, 0.6) is 0 Å². The van der Waals surface area contributed by atoms with Crippen LogP contribution in [0.2, 0.25) is 0 Å². The fourth-order valence-corrected chi connectivity index (χ4v) is 2.62. The first-order chi connectivity index (χ1) is 11.1. The van der Waals surface area contributed by atoms with Crippen molar-refractivity contribution in [1.29, 1.82) is 0 Å². The first-order valence-corrected chi connectivity index (χ1v) is 8.13. The zero-order chi connectivity index (χ0) is 18.1. The van der Waals surface area contributed by atoms with Crippen LogP contribution in [0.1, 0.15) is 20.8 Å². The second kappa shape index (κ2) is 7.02. The molecule has 2 heterocycles. The molecule has 2 rings (SSSR count). The lowest BCUT2D eigenvalue weighted by Crippen LogP contribution is -2.49. The molecule has 0 saturated carbocycles. The van der Waals surface area contributed by atoms with Gasteiger partial charge in [-0.3, -0.25) is 9.69 Å². The second-order valence-electron chi connectivity index (χ2n) is 6.42. The Morgan fingerprint density at radius 2 is 2.12 bits per heavy atom. The number of hydrogen-bond acceptors (Lipinski definition) is 5. The molecular formula is C15H19BrFN3O4. The van der Waals surface area contributed by atoms with Gasteiger partial charge in [-0.15, -0.1) is 0 Å². The minimum absolute atomic E-state index is 0.216. The molecule has 0 aliphatic carbocycles. The van der Waals surface area contributed by atoms with E-state index in [1.165, 1.54) is 6.07 Å². The van der Waals surface area contributed by atoms with Crippen LogP contribution in [0, 0.1) is 0 Å². The van der Waals surface area contributed by atoms with E-state index in [9.17, 15) is 19.1 Å². The quantitative estimate of drug-likeness (QED) is 0.737. The molecule has 24 heavy (non-hydrogen) atoms. The summed E-state index contributed by atoms with van der Waals surface area (Å²) in [6.45, 7) is 4.56. The van der Waals surface area contributed by atoms with E-state index >= 15 is 0 Å². The summed E-state index contributed by atoms with van der Waals surface area (Å²) in [7, 11) is 0. The third-order valence-electron chi connectivity index (χ3n) is 3.26. The smallest absolute Gasteiger partial charge is 0.411 e. The van der Waals surface area contributed by atoms with Gasteiger partial charge in [-0.25, -0.2) is 14.2 Å². The average Bonchev–Trinajstić information content (AvgIpc) is 2.73. The standard InChI is InChI=1S/C15H19BrFN3O4/c1-15(2,3)24-14(23)20-7-8(17)12(21)11(20)13(22)19-10-6-4-5-9(16)18-10/h4-6,8,11-12,21H,7H2,1-3H3,(H,18,19,22)/t8-,11-,12+/m0/s1. The lowest BCUT2D eigenvalue weighted by molar-refractivity contribution is -0.123. The van der Waals surface area contributed by atoms with Gasteiger partial charge in [0.15, 0.2) is 0 Å². The Hall–Kier alpha value is -1.74. The van der Waals surface area contributed by atoms with Crippen LogP contribution in [0.3, 0.4) is 0 Å². The third-order valence-corrected chi connectivity index (χ3v) is 3.71.